The molecule has 35 heavy (non-hydrogen) atoms. The quantitative estimate of drug-likeness (QED) is 0.360. The van der Waals surface area contributed by atoms with Gasteiger partial charge in [0.2, 0.25) is 0 Å². The van der Waals surface area contributed by atoms with Crippen molar-refractivity contribution in [2.24, 2.45) is 0 Å². The maximum Gasteiger partial charge on any atom is 0.263 e. The summed E-state index contributed by atoms with van der Waals surface area (Å²) in [5.74, 6) is 0.303. The summed E-state index contributed by atoms with van der Waals surface area (Å²) in [6.45, 7) is 4.62. The van der Waals surface area contributed by atoms with Crippen molar-refractivity contribution in [3.05, 3.63) is 89.0 Å². The molecule has 0 radical (unpaired) electrons. The molecule has 1 saturated heterocycles. The van der Waals surface area contributed by atoms with Crippen LogP contribution in [0, 0.1) is 0 Å². The van der Waals surface area contributed by atoms with Crippen molar-refractivity contribution in [1.82, 2.24) is 9.80 Å². The number of thioether (sulfide) groups is 1. The van der Waals surface area contributed by atoms with Crippen LogP contribution in [0.2, 0.25) is 0 Å². The number of amides is 2. The van der Waals surface area contributed by atoms with E-state index in [-0.39, 0.29) is 18.4 Å². The Bertz CT molecular complexity index is 1220. The van der Waals surface area contributed by atoms with Gasteiger partial charge < -0.3 is 9.64 Å². The van der Waals surface area contributed by atoms with Crippen LogP contribution in [0.15, 0.2) is 71.6 Å². The van der Waals surface area contributed by atoms with Gasteiger partial charge in [-0.25, -0.2) is 0 Å². The van der Waals surface area contributed by atoms with E-state index in [1.165, 1.54) is 15.4 Å². The minimum atomic E-state index is -0.227. The predicted octanol–water partition coefficient (Wildman–Crippen LogP) is 4.54. The molecule has 2 heterocycles. The molecular formula is C28H29N3O3S. The molecule has 7 heteroatoms. The topological polar surface area (TPSA) is 53.1 Å². The molecule has 2 aliphatic rings. The number of ether oxygens (including phenoxy) is 1. The van der Waals surface area contributed by atoms with E-state index in [0.717, 1.165) is 49.7 Å². The average molecular weight is 488 g/mol. The molecule has 0 N–H and O–H groups in total. The standard InChI is InChI=1S/C28H29N3O3S/c1-34-22-10-6-21(7-11-22)19-31-27(32)24-4-3-5-25(26(24)28(31)33)30-16-14-29(15-17-30)18-20-8-12-23(35-2)13-9-20/h3-13H,14-19H2,1-2H3. The first-order valence-electron chi connectivity index (χ1n) is 11.8. The Morgan fingerprint density at radius 3 is 2.11 bits per heavy atom. The summed E-state index contributed by atoms with van der Waals surface area (Å²) in [5.41, 5.74) is 4.10. The number of hydrogen-bond acceptors (Lipinski definition) is 6. The van der Waals surface area contributed by atoms with E-state index in [1.807, 2.05) is 36.4 Å². The van der Waals surface area contributed by atoms with Gasteiger partial charge in [-0.2, -0.15) is 0 Å². The molecule has 0 atom stereocenters. The van der Waals surface area contributed by atoms with Gasteiger partial charge in [-0.15, -0.1) is 11.8 Å². The molecule has 2 aliphatic heterocycles. The van der Waals surface area contributed by atoms with E-state index in [1.54, 1.807) is 24.9 Å². The lowest BCUT2D eigenvalue weighted by molar-refractivity contribution is 0.0642. The molecule has 0 aliphatic carbocycles. The largest absolute Gasteiger partial charge is 0.497 e. The summed E-state index contributed by atoms with van der Waals surface area (Å²) in [7, 11) is 1.61. The molecule has 0 aromatic heterocycles. The number of benzene rings is 3. The van der Waals surface area contributed by atoms with Gasteiger partial charge in [-0.3, -0.25) is 19.4 Å². The second-order valence-electron chi connectivity index (χ2n) is 8.86. The molecule has 3 aromatic rings. The molecule has 0 spiro atoms. The SMILES string of the molecule is COc1ccc(CN2C(=O)c3cccc(N4CCN(Cc5ccc(SC)cc5)CC4)c3C2=O)cc1. The molecule has 0 bridgehead atoms. The Kier molecular flexibility index (Phi) is 6.79. The minimum Gasteiger partial charge on any atom is -0.497 e. The molecule has 2 amide bonds. The number of nitrogens with zero attached hydrogens (tertiary/aromatic N) is 3. The van der Waals surface area contributed by atoms with Crippen LogP contribution in [-0.2, 0) is 13.1 Å². The summed E-state index contributed by atoms with van der Waals surface area (Å²) >= 11 is 1.75. The zero-order valence-corrected chi connectivity index (χ0v) is 20.9. The molecule has 0 saturated carbocycles. The highest BCUT2D eigenvalue weighted by Gasteiger charge is 2.38. The van der Waals surface area contributed by atoms with Crippen molar-refractivity contribution < 1.29 is 14.3 Å². The molecule has 5 rings (SSSR count). The van der Waals surface area contributed by atoms with Crippen LogP contribution < -0.4 is 9.64 Å². The first-order chi connectivity index (χ1) is 17.1. The van der Waals surface area contributed by atoms with Gasteiger partial charge >= 0.3 is 0 Å². The molecule has 1 fully saturated rings. The Balaban J connectivity index is 1.27. The van der Waals surface area contributed by atoms with Crippen molar-refractivity contribution in [2.75, 3.05) is 44.4 Å². The highest BCUT2D eigenvalue weighted by atomic mass is 32.2. The third kappa shape index (κ3) is 4.79. The smallest absolute Gasteiger partial charge is 0.263 e. The first kappa shape index (κ1) is 23.5. The fourth-order valence-electron chi connectivity index (χ4n) is 4.77. The zero-order valence-electron chi connectivity index (χ0n) is 20.1. The Morgan fingerprint density at radius 2 is 1.46 bits per heavy atom. The van der Waals surface area contributed by atoms with Crippen molar-refractivity contribution in [3.8, 4) is 5.75 Å². The number of carbonyl (C=O) groups is 2. The van der Waals surface area contributed by atoms with Crippen molar-refractivity contribution in [1.29, 1.82) is 0 Å². The highest BCUT2D eigenvalue weighted by molar-refractivity contribution is 7.98. The van der Waals surface area contributed by atoms with E-state index in [4.69, 9.17) is 4.74 Å². The summed E-state index contributed by atoms with van der Waals surface area (Å²) in [4.78, 5) is 33.8. The normalized spacial score (nSPS) is 16.1. The number of methoxy groups -OCH3 is 1. The summed E-state index contributed by atoms with van der Waals surface area (Å²) < 4.78 is 5.21. The lowest BCUT2D eigenvalue weighted by Crippen LogP contribution is -2.46. The van der Waals surface area contributed by atoms with Crippen molar-refractivity contribution >= 4 is 29.3 Å². The number of rotatable bonds is 7. The molecule has 0 unspecified atom stereocenters. The fourth-order valence-corrected chi connectivity index (χ4v) is 5.18. The Hall–Kier alpha value is -3.29. The number of hydrogen-bond donors (Lipinski definition) is 0. The number of carbonyl (C=O) groups excluding carboxylic acids is 2. The summed E-state index contributed by atoms with van der Waals surface area (Å²) in [6, 6.07) is 21.8. The van der Waals surface area contributed by atoms with Gasteiger partial charge in [0, 0.05) is 37.6 Å². The van der Waals surface area contributed by atoms with Crippen LogP contribution >= 0.6 is 11.8 Å². The van der Waals surface area contributed by atoms with E-state index in [9.17, 15) is 9.59 Å². The molecule has 3 aromatic carbocycles. The Labute approximate surface area is 210 Å². The van der Waals surface area contributed by atoms with E-state index in [0.29, 0.717) is 11.1 Å². The maximum atomic E-state index is 13.4. The zero-order chi connectivity index (χ0) is 24.4. The lowest BCUT2D eigenvalue weighted by Gasteiger charge is -2.36. The monoisotopic (exact) mass is 487 g/mol. The van der Waals surface area contributed by atoms with E-state index >= 15 is 0 Å². The van der Waals surface area contributed by atoms with Crippen LogP contribution in [0.5, 0.6) is 5.75 Å². The number of anilines is 1. The molecular weight excluding hydrogens is 458 g/mol. The van der Waals surface area contributed by atoms with Gasteiger partial charge in [0.25, 0.3) is 11.8 Å². The summed E-state index contributed by atoms with van der Waals surface area (Å²) in [6.07, 6.45) is 2.09. The Morgan fingerprint density at radius 1 is 0.800 bits per heavy atom. The van der Waals surface area contributed by atoms with Gasteiger partial charge in [0.05, 0.1) is 30.5 Å². The third-order valence-electron chi connectivity index (χ3n) is 6.75. The second kappa shape index (κ2) is 10.1. The average Bonchev–Trinajstić information content (AvgIpc) is 3.15. The summed E-state index contributed by atoms with van der Waals surface area (Å²) in [5, 5.41) is 0. The van der Waals surface area contributed by atoms with Gasteiger partial charge in [0.1, 0.15) is 5.75 Å². The van der Waals surface area contributed by atoms with Gasteiger partial charge in [-0.05, 0) is 53.8 Å². The minimum absolute atomic E-state index is 0.215. The van der Waals surface area contributed by atoms with Gasteiger partial charge in [0.15, 0.2) is 0 Å². The van der Waals surface area contributed by atoms with Gasteiger partial charge in [-0.1, -0.05) is 30.3 Å². The van der Waals surface area contributed by atoms with Crippen LogP contribution in [0.3, 0.4) is 0 Å². The number of imide groups is 1. The molecule has 6 nitrogen and oxygen atoms in total. The first-order valence-corrected chi connectivity index (χ1v) is 13.0. The van der Waals surface area contributed by atoms with Crippen LogP contribution in [0.4, 0.5) is 5.69 Å². The van der Waals surface area contributed by atoms with Crippen LogP contribution in [-0.4, -0.2) is 61.2 Å². The van der Waals surface area contributed by atoms with E-state index < -0.39 is 0 Å². The number of piperazine rings is 1. The van der Waals surface area contributed by atoms with Crippen LogP contribution in [0.25, 0.3) is 0 Å². The van der Waals surface area contributed by atoms with E-state index in [2.05, 4.69) is 40.3 Å². The third-order valence-corrected chi connectivity index (χ3v) is 7.50. The van der Waals surface area contributed by atoms with Crippen molar-refractivity contribution in [3.63, 3.8) is 0 Å². The van der Waals surface area contributed by atoms with Crippen LogP contribution in [0.1, 0.15) is 31.8 Å². The predicted molar refractivity (Wildman–Crippen MR) is 139 cm³/mol. The highest BCUT2D eigenvalue weighted by Crippen LogP contribution is 2.33. The fraction of sp³-hybridized carbons (Fsp3) is 0.286. The van der Waals surface area contributed by atoms with Crippen molar-refractivity contribution in [2.45, 2.75) is 18.0 Å². The maximum absolute atomic E-state index is 13.4. The lowest BCUT2D eigenvalue weighted by atomic mass is 10.1. The number of fused-ring (bicyclic) bond motifs is 1. The molecule has 180 valence electrons. The second-order valence-corrected chi connectivity index (χ2v) is 9.74.